The summed E-state index contributed by atoms with van der Waals surface area (Å²) in [5, 5.41) is 0. The molecule has 0 unspecified atom stereocenters. The number of rotatable bonds is 3. The molecule has 2 nitrogen and oxygen atoms in total. The Kier molecular flexibility index (Phi) is 3.38. The highest BCUT2D eigenvalue weighted by Crippen LogP contribution is 2.27. The van der Waals surface area contributed by atoms with Crippen LogP contribution in [-0.4, -0.2) is 0 Å². The monoisotopic (exact) mass is 261 g/mol. The maximum atomic E-state index is 5.95. The van der Waals surface area contributed by atoms with Crippen molar-refractivity contribution in [2.75, 3.05) is 5.73 Å². The van der Waals surface area contributed by atoms with Gasteiger partial charge in [0.15, 0.2) is 0 Å². The van der Waals surface area contributed by atoms with Gasteiger partial charge in [-0.3, -0.25) is 0 Å². The first-order valence-electron chi connectivity index (χ1n) is 6.51. The van der Waals surface area contributed by atoms with Gasteiger partial charge in [-0.2, -0.15) is 0 Å². The maximum Gasteiger partial charge on any atom is 0.136 e. The Bertz CT molecular complexity index is 726. The molecule has 0 atom stereocenters. The second-order valence-electron chi connectivity index (χ2n) is 4.53. The summed E-state index contributed by atoms with van der Waals surface area (Å²) >= 11 is 0. The van der Waals surface area contributed by atoms with Gasteiger partial charge in [0.2, 0.25) is 0 Å². The highest BCUT2D eigenvalue weighted by atomic mass is 16.3. The van der Waals surface area contributed by atoms with Gasteiger partial charge in [-0.05, 0) is 35.9 Å². The van der Waals surface area contributed by atoms with E-state index in [4.69, 9.17) is 10.2 Å². The minimum absolute atomic E-state index is 0.723. The molecule has 98 valence electrons. The largest absolute Gasteiger partial charge is 0.457 e. The second-order valence-corrected chi connectivity index (χ2v) is 4.53. The van der Waals surface area contributed by atoms with Gasteiger partial charge in [0.05, 0.1) is 0 Å². The standard InChI is InChI=1S/C18H15NO/c19-17-9-5-4-8-16(17)18-13-12-15(20-18)11-10-14-6-2-1-3-7-14/h1-13H,19H2. The van der Waals surface area contributed by atoms with E-state index in [1.165, 1.54) is 0 Å². The molecule has 0 amide bonds. The fourth-order valence-corrected chi connectivity index (χ4v) is 2.05. The van der Waals surface area contributed by atoms with Crippen LogP contribution in [0.5, 0.6) is 0 Å². The lowest BCUT2D eigenvalue weighted by Crippen LogP contribution is -1.87. The van der Waals surface area contributed by atoms with Crippen molar-refractivity contribution < 1.29 is 4.42 Å². The number of nitrogen functional groups attached to an aromatic ring is 1. The van der Waals surface area contributed by atoms with Crippen LogP contribution in [0.25, 0.3) is 23.5 Å². The quantitative estimate of drug-likeness (QED) is 0.694. The molecule has 2 aromatic carbocycles. The van der Waals surface area contributed by atoms with E-state index < -0.39 is 0 Å². The molecule has 1 heterocycles. The number of hydrogen-bond acceptors (Lipinski definition) is 2. The van der Waals surface area contributed by atoms with Crippen molar-refractivity contribution in [2.24, 2.45) is 0 Å². The molecule has 1 aromatic heterocycles. The van der Waals surface area contributed by atoms with Gasteiger partial charge >= 0.3 is 0 Å². The van der Waals surface area contributed by atoms with Crippen molar-refractivity contribution in [3.8, 4) is 11.3 Å². The highest BCUT2D eigenvalue weighted by molar-refractivity contribution is 5.74. The van der Waals surface area contributed by atoms with Crippen LogP contribution < -0.4 is 5.73 Å². The van der Waals surface area contributed by atoms with E-state index in [0.717, 1.165) is 28.3 Å². The SMILES string of the molecule is Nc1ccccc1-c1ccc(C=Cc2ccccc2)o1. The summed E-state index contributed by atoms with van der Waals surface area (Å²) in [6.45, 7) is 0. The fraction of sp³-hybridized carbons (Fsp3) is 0. The molecule has 2 heteroatoms. The summed E-state index contributed by atoms with van der Waals surface area (Å²) in [5.74, 6) is 1.60. The molecule has 3 rings (SSSR count). The molecule has 0 bridgehead atoms. The van der Waals surface area contributed by atoms with E-state index in [1.807, 2.05) is 66.7 Å². The molecule has 3 aromatic rings. The van der Waals surface area contributed by atoms with Crippen LogP contribution >= 0.6 is 0 Å². The normalized spacial score (nSPS) is 11.0. The lowest BCUT2D eigenvalue weighted by molar-refractivity contribution is 0.572. The number of benzene rings is 2. The van der Waals surface area contributed by atoms with Crippen molar-refractivity contribution in [1.29, 1.82) is 0 Å². The molecule has 0 aliphatic carbocycles. The van der Waals surface area contributed by atoms with Gasteiger partial charge in [0.25, 0.3) is 0 Å². The zero-order chi connectivity index (χ0) is 13.8. The van der Waals surface area contributed by atoms with Gasteiger partial charge in [-0.25, -0.2) is 0 Å². The van der Waals surface area contributed by atoms with Gasteiger partial charge in [0.1, 0.15) is 11.5 Å². The second kappa shape index (κ2) is 5.49. The molecule has 0 saturated carbocycles. The van der Waals surface area contributed by atoms with Crippen LogP contribution in [0, 0.1) is 0 Å². The highest BCUT2D eigenvalue weighted by Gasteiger charge is 2.05. The summed E-state index contributed by atoms with van der Waals surface area (Å²) in [6.07, 6.45) is 3.98. The average molecular weight is 261 g/mol. The summed E-state index contributed by atoms with van der Waals surface area (Å²) < 4.78 is 5.81. The van der Waals surface area contributed by atoms with Gasteiger partial charge < -0.3 is 10.2 Å². The fourth-order valence-electron chi connectivity index (χ4n) is 2.05. The third-order valence-electron chi connectivity index (χ3n) is 3.09. The molecule has 0 spiro atoms. The molecule has 20 heavy (non-hydrogen) atoms. The van der Waals surface area contributed by atoms with E-state index in [-0.39, 0.29) is 0 Å². The van der Waals surface area contributed by atoms with Crippen LogP contribution in [0.15, 0.2) is 71.1 Å². The third-order valence-corrected chi connectivity index (χ3v) is 3.09. The number of anilines is 1. The van der Waals surface area contributed by atoms with E-state index >= 15 is 0 Å². The Morgan fingerprint density at radius 3 is 2.30 bits per heavy atom. The molecule has 0 aliphatic rings. The van der Waals surface area contributed by atoms with Crippen LogP contribution in [-0.2, 0) is 0 Å². The Morgan fingerprint density at radius 1 is 0.750 bits per heavy atom. The number of furan rings is 1. The molecule has 0 fully saturated rings. The van der Waals surface area contributed by atoms with Crippen LogP contribution in [0.3, 0.4) is 0 Å². The third kappa shape index (κ3) is 2.64. The first-order valence-corrected chi connectivity index (χ1v) is 6.51. The van der Waals surface area contributed by atoms with E-state index in [1.54, 1.807) is 0 Å². The van der Waals surface area contributed by atoms with Crippen LogP contribution in [0.4, 0.5) is 5.69 Å². The first kappa shape index (κ1) is 12.3. The zero-order valence-electron chi connectivity index (χ0n) is 11.0. The lowest BCUT2D eigenvalue weighted by Gasteiger charge is -2.00. The number of para-hydroxylation sites is 1. The van der Waals surface area contributed by atoms with Crippen molar-refractivity contribution in [3.63, 3.8) is 0 Å². The molecule has 0 saturated heterocycles. The summed E-state index contributed by atoms with van der Waals surface area (Å²) in [5.41, 5.74) is 8.74. The molecule has 2 N–H and O–H groups in total. The molecular formula is C18H15NO. The minimum atomic E-state index is 0.723. The molecular weight excluding hydrogens is 246 g/mol. The minimum Gasteiger partial charge on any atom is -0.457 e. The van der Waals surface area contributed by atoms with Gasteiger partial charge in [-0.1, -0.05) is 48.5 Å². The first-order chi connectivity index (χ1) is 9.83. The summed E-state index contributed by atoms with van der Waals surface area (Å²) in [4.78, 5) is 0. The molecule has 0 aliphatic heterocycles. The van der Waals surface area contributed by atoms with Crippen molar-refractivity contribution in [1.82, 2.24) is 0 Å². The Labute approximate surface area is 118 Å². The van der Waals surface area contributed by atoms with Crippen LogP contribution in [0.1, 0.15) is 11.3 Å². The Hall–Kier alpha value is -2.74. The maximum absolute atomic E-state index is 5.95. The number of nitrogens with two attached hydrogens (primary N) is 1. The predicted molar refractivity (Wildman–Crippen MR) is 83.9 cm³/mol. The van der Waals surface area contributed by atoms with E-state index in [2.05, 4.69) is 12.1 Å². The van der Waals surface area contributed by atoms with Crippen LogP contribution in [0.2, 0.25) is 0 Å². The topological polar surface area (TPSA) is 39.2 Å². The molecule has 0 radical (unpaired) electrons. The zero-order valence-corrected chi connectivity index (χ0v) is 11.0. The van der Waals surface area contributed by atoms with Crippen molar-refractivity contribution in [2.45, 2.75) is 0 Å². The summed E-state index contributed by atoms with van der Waals surface area (Å²) in [7, 11) is 0. The smallest absolute Gasteiger partial charge is 0.136 e. The van der Waals surface area contributed by atoms with Crippen molar-refractivity contribution >= 4 is 17.8 Å². The summed E-state index contributed by atoms with van der Waals surface area (Å²) in [6, 6.07) is 21.7. The Balaban J connectivity index is 1.85. The Morgan fingerprint density at radius 2 is 1.50 bits per heavy atom. The van der Waals surface area contributed by atoms with E-state index in [0.29, 0.717) is 0 Å². The predicted octanol–water partition coefficient (Wildman–Crippen LogP) is 4.70. The van der Waals surface area contributed by atoms with Gasteiger partial charge in [0, 0.05) is 11.3 Å². The number of hydrogen-bond donors (Lipinski definition) is 1. The lowest BCUT2D eigenvalue weighted by atomic mass is 10.1. The average Bonchev–Trinajstić information content (AvgIpc) is 2.95. The van der Waals surface area contributed by atoms with Crippen molar-refractivity contribution in [3.05, 3.63) is 78.1 Å². The van der Waals surface area contributed by atoms with E-state index in [9.17, 15) is 0 Å². The van der Waals surface area contributed by atoms with Gasteiger partial charge in [-0.15, -0.1) is 0 Å².